The number of amides is 2. The summed E-state index contributed by atoms with van der Waals surface area (Å²) in [5.41, 5.74) is 2.50. The number of methoxy groups -OCH3 is 3. The van der Waals surface area contributed by atoms with Gasteiger partial charge in [0.25, 0.3) is 5.91 Å². The van der Waals surface area contributed by atoms with Crippen LogP contribution in [0.5, 0.6) is 0 Å². The van der Waals surface area contributed by atoms with Crippen molar-refractivity contribution in [2.45, 2.75) is 57.8 Å². The van der Waals surface area contributed by atoms with Gasteiger partial charge in [-0.2, -0.15) is 0 Å². The number of aromatic nitrogens is 2. The van der Waals surface area contributed by atoms with Crippen LogP contribution in [-0.4, -0.2) is 103 Å². The average molecular weight is 699 g/mol. The summed E-state index contributed by atoms with van der Waals surface area (Å²) in [6.07, 6.45) is 6.71. The highest BCUT2D eigenvalue weighted by atomic mass is 16.7. The number of ketones is 1. The molecule has 2 aliphatic heterocycles. The van der Waals surface area contributed by atoms with Crippen LogP contribution >= 0.6 is 0 Å². The fraction of sp³-hybridized carbons (Fsp3) is 0.500. The van der Waals surface area contributed by atoms with E-state index in [1.807, 2.05) is 66.1 Å². The first kappa shape index (κ1) is 36.6. The van der Waals surface area contributed by atoms with Crippen molar-refractivity contribution in [3.05, 3.63) is 89.5 Å². The number of piperidine rings is 1. The summed E-state index contributed by atoms with van der Waals surface area (Å²) in [6, 6.07) is 17.9. The van der Waals surface area contributed by atoms with Gasteiger partial charge in [0.2, 0.25) is 11.7 Å². The van der Waals surface area contributed by atoms with Crippen LogP contribution in [0.1, 0.15) is 55.2 Å². The Labute approximate surface area is 300 Å². The molecule has 0 bridgehead atoms. The molecule has 2 saturated heterocycles. The molecule has 0 radical (unpaired) electrons. The van der Waals surface area contributed by atoms with Gasteiger partial charge in [-0.3, -0.25) is 19.3 Å². The van der Waals surface area contributed by atoms with Crippen LogP contribution in [0.25, 0.3) is 11.0 Å². The number of allylic oxidation sites excluding steroid dienone is 1. The highest BCUT2D eigenvalue weighted by Crippen LogP contribution is 2.41. The Bertz CT molecular complexity index is 1770. The van der Waals surface area contributed by atoms with Gasteiger partial charge in [0.05, 0.1) is 30.2 Å². The summed E-state index contributed by atoms with van der Waals surface area (Å²) in [5, 5.41) is 0. The number of fused-ring (bicyclic) bond motifs is 1. The second-order valence-electron chi connectivity index (χ2n) is 13.8. The fourth-order valence-electron chi connectivity index (χ4n) is 7.82. The SMILES string of the molecule is CCOCCn1c(C(=O)C2CCN(CCC3(Cc4ccccc4)CCN(C(=O)C4=CC(OC)=CC(OC)(OC)C4)C3=O)CC2)nc2ccccc21. The molecule has 272 valence electrons. The number of nitrogens with zero attached hydrogens (tertiary/aromatic N) is 4. The van der Waals surface area contributed by atoms with Crippen molar-refractivity contribution in [3.63, 3.8) is 0 Å². The van der Waals surface area contributed by atoms with Crippen molar-refractivity contribution in [2.24, 2.45) is 11.3 Å². The number of para-hydroxylation sites is 2. The predicted molar refractivity (Wildman–Crippen MR) is 193 cm³/mol. The summed E-state index contributed by atoms with van der Waals surface area (Å²) in [6.45, 7) is 6.22. The van der Waals surface area contributed by atoms with Crippen LogP contribution in [0.2, 0.25) is 0 Å². The van der Waals surface area contributed by atoms with Gasteiger partial charge < -0.3 is 28.4 Å². The quantitative estimate of drug-likeness (QED) is 0.0916. The minimum absolute atomic E-state index is 0.0810. The molecule has 2 aromatic carbocycles. The van der Waals surface area contributed by atoms with Gasteiger partial charge in [-0.15, -0.1) is 0 Å². The van der Waals surface area contributed by atoms with Crippen molar-refractivity contribution in [1.29, 1.82) is 0 Å². The maximum Gasteiger partial charge on any atom is 0.256 e. The smallest absolute Gasteiger partial charge is 0.256 e. The molecule has 1 aliphatic carbocycles. The lowest BCUT2D eigenvalue weighted by atomic mass is 9.77. The summed E-state index contributed by atoms with van der Waals surface area (Å²) < 4.78 is 24.3. The summed E-state index contributed by atoms with van der Waals surface area (Å²) in [7, 11) is 4.56. The van der Waals surface area contributed by atoms with Gasteiger partial charge in [0.1, 0.15) is 5.76 Å². The van der Waals surface area contributed by atoms with Gasteiger partial charge in [0.15, 0.2) is 11.6 Å². The summed E-state index contributed by atoms with van der Waals surface area (Å²) >= 11 is 0. The van der Waals surface area contributed by atoms with Gasteiger partial charge in [-0.1, -0.05) is 42.5 Å². The van der Waals surface area contributed by atoms with E-state index >= 15 is 0 Å². The normalized spacial score (nSPS) is 21.2. The molecule has 11 heteroatoms. The molecule has 3 aromatic rings. The van der Waals surface area contributed by atoms with E-state index in [4.69, 9.17) is 23.9 Å². The molecule has 1 unspecified atom stereocenters. The molecule has 2 fully saturated rings. The number of benzene rings is 2. The van der Waals surface area contributed by atoms with Crippen LogP contribution in [0, 0.1) is 11.3 Å². The van der Waals surface area contributed by atoms with Gasteiger partial charge in [-0.25, -0.2) is 4.98 Å². The topological polar surface area (TPSA) is 112 Å². The largest absolute Gasteiger partial charge is 0.497 e. The van der Waals surface area contributed by atoms with E-state index in [0.717, 1.165) is 42.5 Å². The highest BCUT2D eigenvalue weighted by molar-refractivity contribution is 6.07. The number of likely N-dealkylation sites (tertiary alicyclic amines) is 2. The number of hydrogen-bond acceptors (Lipinski definition) is 9. The average Bonchev–Trinajstić information content (AvgIpc) is 3.70. The molecular weight excluding hydrogens is 648 g/mol. The minimum Gasteiger partial charge on any atom is -0.497 e. The van der Waals surface area contributed by atoms with Crippen LogP contribution in [0.3, 0.4) is 0 Å². The van der Waals surface area contributed by atoms with Crippen LogP contribution in [0.15, 0.2) is 78.1 Å². The Balaban J connectivity index is 1.14. The van der Waals surface area contributed by atoms with E-state index in [1.165, 1.54) is 26.2 Å². The Kier molecular flexibility index (Phi) is 11.5. The maximum absolute atomic E-state index is 14.4. The zero-order valence-electron chi connectivity index (χ0n) is 30.3. The molecule has 51 heavy (non-hydrogen) atoms. The van der Waals surface area contributed by atoms with E-state index < -0.39 is 11.2 Å². The lowest BCUT2D eigenvalue weighted by Gasteiger charge is -2.35. The van der Waals surface area contributed by atoms with Gasteiger partial charge in [-0.05, 0) is 82.4 Å². The molecule has 0 spiro atoms. The summed E-state index contributed by atoms with van der Waals surface area (Å²) in [5.74, 6) is -0.738. The van der Waals surface area contributed by atoms with Crippen LogP contribution < -0.4 is 0 Å². The minimum atomic E-state index is -1.15. The molecule has 11 nitrogen and oxygen atoms in total. The fourth-order valence-corrected chi connectivity index (χ4v) is 7.82. The second kappa shape index (κ2) is 16.0. The Morgan fingerprint density at radius 2 is 1.67 bits per heavy atom. The van der Waals surface area contributed by atoms with Crippen molar-refractivity contribution >= 4 is 28.6 Å². The zero-order valence-corrected chi connectivity index (χ0v) is 30.3. The molecule has 1 aromatic heterocycles. The molecular formula is C40H50N4O7. The van der Waals surface area contributed by atoms with Crippen molar-refractivity contribution in [1.82, 2.24) is 19.4 Å². The highest BCUT2D eigenvalue weighted by Gasteiger charge is 2.50. The predicted octanol–water partition coefficient (Wildman–Crippen LogP) is 5.20. The summed E-state index contributed by atoms with van der Waals surface area (Å²) in [4.78, 5) is 50.8. The third-order valence-electron chi connectivity index (χ3n) is 10.9. The number of carbonyl (C=O) groups excluding carboxylic acids is 3. The molecule has 1 atom stereocenters. The van der Waals surface area contributed by atoms with Crippen molar-refractivity contribution < 1.29 is 33.3 Å². The molecule has 0 N–H and O–H groups in total. The van der Waals surface area contributed by atoms with Crippen LogP contribution in [-0.2, 0) is 41.5 Å². The number of carbonyl (C=O) groups is 3. The van der Waals surface area contributed by atoms with E-state index in [0.29, 0.717) is 69.3 Å². The molecule has 3 heterocycles. The standard InChI is InChI=1S/C40H50N4O7/c1-5-51-24-23-43-34-14-10-9-13-33(34)41-36(43)35(45)30-15-19-42(20-16-30)21-17-39(26-29-11-7-6-8-12-29)18-22-44(38(39)47)37(46)31-25-32(48-2)28-40(27-31,49-3)50-4/h6-14,25,28,30H,5,15-24,26-27H2,1-4H3. The number of imide groups is 1. The van der Waals surface area contributed by atoms with Crippen molar-refractivity contribution in [3.8, 4) is 0 Å². The number of imidazole rings is 1. The third kappa shape index (κ3) is 7.72. The van der Waals surface area contributed by atoms with E-state index in [1.54, 1.807) is 12.2 Å². The monoisotopic (exact) mass is 698 g/mol. The third-order valence-corrected chi connectivity index (χ3v) is 10.9. The van der Waals surface area contributed by atoms with Gasteiger partial charge in [0, 0.05) is 57.9 Å². The number of ether oxygens (including phenoxy) is 4. The Hall–Kier alpha value is -4.16. The Morgan fingerprint density at radius 1 is 0.941 bits per heavy atom. The number of rotatable bonds is 15. The number of Topliss-reactive ketones (excluding diaryl/α,β-unsaturated/α-hetero) is 1. The lowest BCUT2D eigenvalue weighted by Crippen LogP contribution is -2.44. The molecule has 3 aliphatic rings. The first-order valence-corrected chi connectivity index (χ1v) is 18.0. The zero-order chi connectivity index (χ0) is 36.0. The maximum atomic E-state index is 14.4. The second-order valence-corrected chi connectivity index (χ2v) is 13.8. The number of hydrogen-bond donors (Lipinski definition) is 0. The first-order chi connectivity index (χ1) is 24.7. The van der Waals surface area contributed by atoms with E-state index in [9.17, 15) is 14.4 Å². The Morgan fingerprint density at radius 3 is 2.37 bits per heavy atom. The molecule has 2 amide bonds. The van der Waals surface area contributed by atoms with Gasteiger partial charge >= 0.3 is 0 Å². The molecule has 0 saturated carbocycles. The lowest BCUT2D eigenvalue weighted by molar-refractivity contribution is -0.173. The van der Waals surface area contributed by atoms with Crippen molar-refractivity contribution in [2.75, 3.05) is 60.7 Å². The van der Waals surface area contributed by atoms with Crippen LogP contribution in [0.4, 0.5) is 0 Å². The first-order valence-electron chi connectivity index (χ1n) is 18.0. The van der Waals surface area contributed by atoms with E-state index in [2.05, 4.69) is 4.90 Å². The van der Waals surface area contributed by atoms with E-state index in [-0.39, 0.29) is 29.9 Å². The molecule has 6 rings (SSSR count).